The number of carbonyl (C=O) groups excluding carboxylic acids is 2. The lowest BCUT2D eigenvalue weighted by Crippen LogP contribution is -2.70. The summed E-state index contributed by atoms with van der Waals surface area (Å²) in [5.74, 6) is -6.09. The third-order valence-electron chi connectivity index (χ3n) is 22.8. The van der Waals surface area contributed by atoms with E-state index in [9.17, 15) is 75.7 Å². The zero-order chi connectivity index (χ0) is 78.8. The highest BCUT2D eigenvalue weighted by atomic mass is 16.8. The van der Waals surface area contributed by atoms with Crippen molar-refractivity contribution >= 4 is 17.8 Å². The van der Waals surface area contributed by atoms with Gasteiger partial charge in [-0.1, -0.05) is 354 Å². The predicted molar refractivity (Wildman–Crippen MR) is 422 cm³/mol. The smallest absolute Gasteiger partial charge is 0.364 e. The molecule has 0 aromatic rings. The Balaban J connectivity index is 1.40. The molecule has 3 saturated heterocycles. The number of aliphatic hydroxyl groups is 11. The first-order valence-electron chi connectivity index (χ1n) is 44.4. The maximum atomic E-state index is 13.6. The third-order valence-corrected chi connectivity index (χ3v) is 22.8. The van der Waals surface area contributed by atoms with Gasteiger partial charge in [-0.15, -0.1) is 0 Å². The molecule has 3 heterocycles. The minimum atomic E-state index is -3.08. The maximum Gasteiger partial charge on any atom is 0.364 e. The van der Waals surface area contributed by atoms with Gasteiger partial charge in [-0.25, -0.2) is 4.79 Å². The fourth-order valence-electron chi connectivity index (χ4n) is 15.8. The Labute approximate surface area is 652 Å². The van der Waals surface area contributed by atoms with Crippen molar-refractivity contribution in [1.82, 2.24) is 10.6 Å². The summed E-state index contributed by atoms with van der Waals surface area (Å²) in [6, 6.07) is -2.53. The quantitative estimate of drug-likeness (QED) is 0.0252. The number of hydrogen-bond acceptors (Lipinski definition) is 20. The molecule has 108 heavy (non-hydrogen) atoms. The van der Waals surface area contributed by atoms with E-state index in [-0.39, 0.29) is 18.9 Å². The molecule has 3 aliphatic rings. The van der Waals surface area contributed by atoms with Crippen LogP contribution in [0.4, 0.5) is 0 Å². The molecule has 0 aromatic heterocycles. The second-order valence-electron chi connectivity index (χ2n) is 32.5. The molecule has 0 radical (unpaired) electrons. The highest BCUT2D eigenvalue weighted by Gasteiger charge is 2.60. The first-order chi connectivity index (χ1) is 52.4. The van der Waals surface area contributed by atoms with Gasteiger partial charge in [0.2, 0.25) is 11.8 Å². The van der Waals surface area contributed by atoms with Gasteiger partial charge in [-0.2, -0.15) is 0 Å². The molecule has 2 amide bonds. The van der Waals surface area contributed by atoms with E-state index >= 15 is 0 Å². The van der Waals surface area contributed by atoms with Crippen LogP contribution < -0.4 is 10.6 Å². The molecule has 638 valence electrons. The number of carboxylic acids is 1. The van der Waals surface area contributed by atoms with Gasteiger partial charge < -0.3 is 100 Å². The molecule has 0 bridgehead atoms. The van der Waals surface area contributed by atoms with Crippen LogP contribution in [0.3, 0.4) is 0 Å². The van der Waals surface area contributed by atoms with E-state index in [0.717, 1.165) is 51.9 Å². The highest BCUT2D eigenvalue weighted by molar-refractivity contribution is 5.77. The fraction of sp³-hybridized carbons (Fsp3) is 0.965. The molecule has 0 saturated carbocycles. The Morgan fingerprint density at radius 2 is 0.806 bits per heavy atom. The van der Waals surface area contributed by atoms with Gasteiger partial charge in [-0.3, -0.25) is 9.59 Å². The lowest BCUT2D eigenvalue weighted by Gasteiger charge is -2.50. The minimum Gasteiger partial charge on any atom is -0.477 e. The number of aliphatic carboxylic acids is 1. The summed E-state index contributed by atoms with van der Waals surface area (Å²) in [6.07, 6.45) is 41.3. The van der Waals surface area contributed by atoms with Crippen LogP contribution in [0.1, 0.15) is 387 Å². The summed E-state index contributed by atoms with van der Waals surface area (Å²) in [6.45, 7) is 2.28. The fourth-order valence-corrected chi connectivity index (χ4v) is 15.8. The average Bonchev–Trinajstić information content (AvgIpc) is 0.755. The van der Waals surface area contributed by atoms with Gasteiger partial charge >= 0.3 is 5.97 Å². The first kappa shape index (κ1) is 99.9. The van der Waals surface area contributed by atoms with E-state index in [2.05, 4.69) is 24.5 Å². The molecule has 0 aromatic carbocycles. The largest absolute Gasteiger partial charge is 0.477 e. The SMILES string of the molecule is CCCCCCCCCCCCCCCCCCCCCCCCCCCCCCCCCCCCCCCC(=O)NC(COC1OC(CO)C(OC2OC(CO)C(O)C(OC3(C(=O)O)CC(O)C(NC(C)=O)C(C(O)C(O)CO)O3)C2O)C(O)C1O)C(O)CCCCCCCCCCCCCCCCCCC. The standard InChI is InChI=1S/C85H162N2O21/c1-4-6-8-10-12-14-16-18-20-22-23-24-25-26-27-28-29-30-31-32-33-34-35-36-37-38-39-40-41-43-45-47-49-51-53-55-57-59-72(95)87-66(67(92)58-56-54-52-50-48-46-44-42-21-19-17-15-13-11-9-7-5-2)64-103-82-77(99)76(98)79(71(63-90)105-82)106-83-78(100)81(75(97)70(62-89)104-83)108-85(84(101)102)60-68(93)73(86-65(3)91)80(107-85)74(96)69(94)61-88/h66-71,73-83,88-90,92-94,96-100H,4-64H2,1-3H3,(H,86,91)(H,87,95)(H,101,102). The van der Waals surface area contributed by atoms with Crippen molar-refractivity contribution in [3.05, 3.63) is 0 Å². The van der Waals surface area contributed by atoms with Crippen molar-refractivity contribution in [2.24, 2.45) is 0 Å². The van der Waals surface area contributed by atoms with E-state index < -0.39 is 148 Å². The average molecular weight is 1550 g/mol. The first-order valence-corrected chi connectivity index (χ1v) is 44.4. The summed E-state index contributed by atoms with van der Waals surface area (Å²) in [4.78, 5) is 38.8. The monoisotopic (exact) mass is 1550 g/mol. The summed E-state index contributed by atoms with van der Waals surface area (Å²) in [5, 5.41) is 137. The Kier molecular flexibility index (Phi) is 59.2. The van der Waals surface area contributed by atoms with Crippen LogP contribution in [0, 0.1) is 0 Å². The van der Waals surface area contributed by atoms with Crippen LogP contribution >= 0.6 is 0 Å². The summed E-state index contributed by atoms with van der Waals surface area (Å²) >= 11 is 0. The zero-order valence-electron chi connectivity index (χ0n) is 68.0. The number of ether oxygens (including phenoxy) is 6. The Bertz CT molecular complexity index is 2140. The van der Waals surface area contributed by atoms with E-state index in [4.69, 9.17) is 28.4 Å². The Morgan fingerprint density at radius 3 is 1.16 bits per heavy atom. The summed E-state index contributed by atoms with van der Waals surface area (Å²) in [7, 11) is 0. The normalized spacial score (nSPS) is 25.8. The molecule has 23 heteroatoms. The number of carbonyl (C=O) groups is 3. The van der Waals surface area contributed by atoms with E-state index in [0.29, 0.717) is 19.3 Å². The number of unbranched alkanes of at least 4 members (excludes halogenated alkanes) is 52. The van der Waals surface area contributed by atoms with Gasteiger partial charge in [0.15, 0.2) is 12.6 Å². The number of carboxylic acid groups (broad SMARTS) is 1. The Hall–Kier alpha value is -2.27. The molecule has 0 spiro atoms. The molecule has 0 aliphatic carbocycles. The molecule has 18 atom stereocenters. The number of rotatable bonds is 72. The van der Waals surface area contributed by atoms with Crippen LogP contribution in [-0.2, 0) is 42.8 Å². The third kappa shape index (κ3) is 42.9. The molecular formula is C85H162N2O21. The maximum absolute atomic E-state index is 13.6. The molecule has 18 unspecified atom stereocenters. The van der Waals surface area contributed by atoms with Gasteiger partial charge in [0.05, 0.1) is 50.7 Å². The highest BCUT2D eigenvalue weighted by Crippen LogP contribution is 2.39. The van der Waals surface area contributed by atoms with Gasteiger partial charge in [0.1, 0.15) is 67.1 Å². The van der Waals surface area contributed by atoms with E-state index in [1.807, 2.05) is 0 Å². The predicted octanol–water partition coefficient (Wildman–Crippen LogP) is 13.5. The van der Waals surface area contributed by atoms with Crippen molar-refractivity contribution in [3.63, 3.8) is 0 Å². The number of nitrogens with one attached hydrogen (secondary N) is 2. The van der Waals surface area contributed by atoms with Crippen LogP contribution in [0.2, 0.25) is 0 Å². The number of amides is 2. The summed E-state index contributed by atoms with van der Waals surface area (Å²) < 4.78 is 35.0. The van der Waals surface area contributed by atoms with Crippen molar-refractivity contribution in [1.29, 1.82) is 0 Å². The van der Waals surface area contributed by atoms with Gasteiger partial charge in [0.25, 0.3) is 5.79 Å². The second kappa shape index (κ2) is 64.0. The van der Waals surface area contributed by atoms with Crippen LogP contribution in [0.15, 0.2) is 0 Å². The topological polar surface area (TPSA) is 373 Å². The molecule has 14 N–H and O–H groups in total. The van der Waals surface area contributed by atoms with Crippen LogP contribution in [0.25, 0.3) is 0 Å². The molecule has 23 nitrogen and oxygen atoms in total. The zero-order valence-corrected chi connectivity index (χ0v) is 68.0. The number of aliphatic hydroxyl groups excluding tert-OH is 11. The lowest BCUT2D eigenvalue weighted by atomic mass is 9.88. The van der Waals surface area contributed by atoms with E-state index in [1.165, 1.54) is 289 Å². The van der Waals surface area contributed by atoms with Gasteiger partial charge in [-0.05, 0) is 12.8 Å². The van der Waals surface area contributed by atoms with Crippen LogP contribution in [-0.4, -0.2) is 215 Å². The molecule has 3 fully saturated rings. The van der Waals surface area contributed by atoms with Crippen molar-refractivity contribution < 1.29 is 104 Å². The molecule has 3 aliphatic heterocycles. The number of hydrogen-bond donors (Lipinski definition) is 14. The Morgan fingerprint density at radius 1 is 0.444 bits per heavy atom. The van der Waals surface area contributed by atoms with Gasteiger partial charge in [0, 0.05) is 19.8 Å². The minimum absolute atomic E-state index is 0.230. The summed E-state index contributed by atoms with van der Waals surface area (Å²) in [5.41, 5.74) is 0. The second-order valence-corrected chi connectivity index (χ2v) is 32.5. The van der Waals surface area contributed by atoms with Crippen molar-refractivity contribution in [2.45, 2.75) is 497 Å². The van der Waals surface area contributed by atoms with Crippen molar-refractivity contribution in [3.8, 4) is 0 Å². The molecular weight excluding hydrogens is 1380 g/mol. The van der Waals surface area contributed by atoms with Crippen molar-refractivity contribution in [2.75, 3.05) is 26.4 Å². The lowest BCUT2D eigenvalue weighted by molar-refractivity contribution is -0.386. The van der Waals surface area contributed by atoms with E-state index in [1.54, 1.807) is 0 Å². The van der Waals surface area contributed by atoms with Crippen LogP contribution in [0.5, 0.6) is 0 Å². The molecule has 3 rings (SSSR count).